The van der Waals surface area contributed by atoms with Gasteiger partial charge in [-0.25, -0.2) is 0 Å². The zero-order valence-electron chi connectivity index (χ0n) is 14.2. The minimum Gasteiger partial charge on any atom is -0.329 e. The van der Waals surface area contributed by atoms with Crippen molar-refractivity contribution in [2.45, 2.75) is 6.54 Å². The van der Waals surface area contributed by atoms with Gasteiger partial charge in [0.15, 0.2) is 0 Å². The SMILES string of the molecule is CN1CCN(CC#CCn2c3ccccc3c3ccccc32)CC1. The normalized spacial score (nSPS) is 16.4. The van der Waals surface area contributed by atoms with Crippen molar-refractivity contribution in [2.75, 3.05) is 39.8 Å². The highest BCUT2D eigenvalue weighted by Gasteiger charge is 2.12. The summed E-state index contributed by atoms with van der Waals surface area (Å²) >= 11 is 0. The van der Waals surface area contributed by atoms with Crippen LogP contribution in [0.15, 0.2) is 48.5 Å². The van der Waals surface area contributed by atoms with Crippen molar-refractivity contribution >= 4 is 21.8 Å². The van der Waals surface area contributed by atoms with Gasteiger partial charge in [-0.2, -0.15) is 0 Å². The first-order chi connectivity index (χ1) is 11.8. The number of benzene rings is 2. The average Bonchev–Trinajstić information content (AvgIpc) is 2.95. The van der Waals surface area contributed by atoms with E-state index in [1.807, 2.05) is 0 Å². The van der Waals surface area contributed by atoms with Crippen LogP contribution < -0.4 is 0 Å². The van der Waals surface area contributed by atoms with E-state index in [9.17, 15) is 0 Å². The molecule has 2 heterocycles. The van der Waals surface area contributed by atoms with E-state index >= 15 is 0 Å². The predicted molar refractivity (Wildman–Crippen MR) is 101 cm³/mol. The lowest BCUT2D eigenvalue weighted by Gasteiger charge is -2.30. The van der Waals surface area contributed by atoms with E-state index in [1.165, 1.54) is 21.8 Å². The third-order valence-corrected chi connectivity index (χ3v) is 4.94. The molecule has 0 aliphatic carbocycles. The van der Waals surface area contributed by atoms with E-state index in [0.717, 1.165) is 39.3 Å². The van der Waals surface area contributed by atoms with Crippen molar-refractivity contribution in [1.29, 1.82) is 0 Å². The molecule has 1 aromatic heterocycles. The summed E-state index contributed by atoms with van der Waals surface area (Å²) in [5.41, 5.74) is 2.54. The zero-order valence-corrected chi connectivity index (χ0v) is 14.2. The smallest absolute Gasteiger partial charge is 0.0844 e. The van der Waals surface area contributed by atoms with Gasteiger partial charge in [0.2, 0.25) is 0 Å². The highest BCUT2D eigenvalue weighted by molar-refractivity contribution is 6.07. The largest absolute Gasteiger partial charge is 0.329 e. The molecule has 24 heavy (non-hydrogen) atoms. The van der Waals surface area contributed by atoms with Gasteiger partial charge in [-0.1, -0.05) is 48.2 Å². The number of nitrogens with zero attached hydrogens (tertiary/aromatic N) is 3. The molecule has 1 fully saturated rings. The van der Waals surface area contributed by atoms with Gasteiger partial charge in [0, 0.05) is 48.0 Å². The lowest BCUT2D eigenvalue weighted by molar-refractivity contribution is 0.168. The molecule has 122 valence electrons. The van der Waals surface area contributed by atoms with Gasteiger partial charge >= 0.3 is 0 Å². The number of hydrogen-bond acceptors (Lipinski definition) is 2. The molecule has 0 amide bonds. The Balaban J connectivity index is 1.55. The van der Waals surface area contributed by atoms with Gasteiger partial charge < -0.3 is 9.47 Å². The molecule has 0 atom stereocenters. The molecule has 3 aromatic rings. The first-order valence-corrected chi connectivity index (χ1v) is 8.65. The van der Waals surface area contributed by atoms with Gasteiger partial charge in [0.05, 0.1) is 13.1 Å². The summed E-state index contributed by atoms with van der Waals surface area (Å²) in [5, 5.41) is 2.63. The van der Waals surface area contributed by atoms with Crippen LogP contribution in [0.3, 0.4) is 0 Å². The van der Waals surface area contributed by atoms with Crippen LogP contribution in [-0.2, 0) is 6.54 Å². The molecule has 0 saturated carbocycles. The van der Waals surface area contributed by atoms with Gasteiger partial charge in [-0.15, -0.1) is 0 Å². The first kappa shape index (κ1) is 15.3. The lowest BCUT2D eigenvalue weighted by atomic mass is 10.2. The standard InChI is InChI=1S/C21H23N3/c1-22-14-16-23(17-15-22)12-6-7-13-24-20-10-4-2-8-18(20)19-9-3-5-11-21(19)24/h2-5,8-11H,12-17H2,1H3. The van der Waals surface area contributed by atoms with Crippen molar-refractivity contribution in [2.24, 2.45) is 0 Å². The maximum Gasteiger partial charge on any atom is 0.0844 e. The Morgan fingerprint density at radius 3 is 1.92 bits per heavy atom. The Bertz CT molecular complexity index is 852. The maximum absolute atomic E-state index is 3.39. The van der Waals surface area contributed by atoms with Crippen LogP contribution in [0.1, 0.15) is 0 Å². The Morgan fingerprint density at radius 1 is 0.750 bits per heavy atom. The fraction of sp³-hybridized carbons (Fsp3) is 0.333. The third-order valence-electron chi connectivity index (χ3n) is 4.94. The van der Waals surface area contributed by atoms with Gasteiger partial charge in [-0.05, 0) is 19.2 Å². The van der Waals surface area contributed by atoms with E-state index in [1.54, 1.807) is 0 Å². The second-order valence-corrected chi connectivity index (χ2v) is 6.55. The quantitative estimate of drug-likeness (QED) is 0.673. The van der Waals surface area contributed by atoms with Crippen molar-refractivity contribution in [3.8, 4) is 11.8 Å². The highest BCUT2D eigenvalue weighted by Crippen LogP contribution is 2.28. The van der Waals surface area contributed by atoms with E-state index < -0.39 is 0 Å². The van der Waals surface area contributed by atoms with Crippen LogP contribution in [-0.4, -0.2) is 54.1 Å². The van der Waals surface area contributed by atoms with Crippen LogP contribution in [0.2, 0.25) is 0 Å². The molecule has 0 bridgehead atoms. The number of para-hydroxylation sites is 2. The molecule has 2 aromatic carbocycles. The van der Waals surface area contributed by atoms with Crippen molar-refractivity contribution in [1.82, 2.24) is 14.4 Å². The summed E-state index contributed by atoms with van der Waals surface area (Å²) < 4.78 is 2.33. The first-order valence-electron chi connectivity index (χ1n) is 8.65. The molecule has 1 aliphatic rings. The van der Waals surface area contributed by atoms with E-state index in [-0.39, 0.29) is 0 Å². The second kappa shape index (κ2) is 6.68. The van der Waals surface area contributed by atoms with Crippen LogP contribution in [0.5, 0.6) is 0 Å². The third kappa shape index (κ3) is 2.91. The fourth-order valence-corrected chi connectivity index (χ4v) is 3.48. The Kier molecular flexibility index (Phi) is 4.25. The van der Waals surface area contributed by atoms with Crippen molar-refractivity contribution in [3.63, 3.8) is 0 Å². The summed E-state index contributed by atoms with van der Waals surface area (Å²) in [7, 11) is 2.19. The topological polar surface area (TPSA) is 11.4 Å². The number of aromatic nitrogens is 1. The Morgan fingerprint density at radius 2 is 1.29 bits per heavy atom. The molecule has 3 heteroatoms. The van der Waals surface area contributed by atoms with Crippen LogP contribution in [0.25, 0.3) is 21.8 Å². The molecule has 1 aliphatic heterocycles. The van der Waals surface area contributed by atoms with Crippen molar-refractivity contribution < 1.29 is 0 Å². The minimum atomic E-state index is 0.752. The monoisotopic (exact) mass is 317 g/mol. The summed E-state index contributed by atoms with van der Waals surface area (Å²) in [5.74, 6) is 6.76. The lowest BCUT2D eigenvalue weighted by Crippen LogP contribution is -2.44. The number of likely N-dealkylation sites (N-methyl/N-ethyl adjacent to an activating group) is 1. The van der Waals surface area contributed by atoms with Crippen LogP contribution in [0.4, 0.5) is 0 Å². The Hall–Kier alpha value is -2.28. The molecular weight excluding hydrogens is 294 g/mol. The molecule has 1 saturated heterocycles. The van der Waals surface area contributed by atoms with E-state index in [4.69, 9.17) is 0 Å². The zero-order chi connectivity index (χ0) is 16.4. The molecular formula is C21H23N3. The van der Waals surface area contributed by atoms with Gasteiger partial charge in [-0.3, -0.25) is 4.90 Å². The summed E-state index contributed by atoms with van der Waals surface area (Å²) in [6.45, 7) is 6.18. The van der Waals surface area contributed by atoms with Crippen molar-refractivity contribution in [3.05, 3.63) is 48.5 Å². The minimum absolute atomic E-state index is 0.752. The number of piperazine rings is 1. The van der Waals surface area contributed by atoms with Crippen LogP contribution >= 0.6 is 0 Å². The maximum atomic E-state index is 3.39. The van der Waals surface area contributed by atoms with E-state index in [0.29, 0.717) is 0 Å². The van der Waals surface area contributed by atoms with Gasteiger partial charge in [0.1, 0.15) is 0 Å². The number of fused-ring (bicyclic) bond motifs is 3. The second-order valence-electron chi connectivity index (χ2n) is 6.55. The molecule has 3 nitrogen and oxygen atoms in total. The molecule has 0 unspecified atom stereocenters. The fourth-order valence-electron chi connectivity index (χ4n) is 3.48. The predicted octanol–water partition coefficient (Wildman–Crippen LogP) is 3.05. The van der Waals surface area contributed by atoms with Gasteiger partial charge in [0.25, 0.3) is 0 Å². The molecule has 4 rings (SSSR count). The Labute approximate surface area is 143 Å². The van der Waals surface area contributed by atoms with E-state index in [2.05, 4.69) is 81.8 Å². The molecule has 0 N–H and O–H groups in total. The van der Waals surface area contributed by atoms with Crippen LogP contribution in [0, 0.1) is 11.8 Å². The summed E-state index contributed by atoms with van der Waals surface area (Å²) in [6, 6.07) is 17.2. The average molecular weight is 317 g/mol. The highest BCUT2D eigenvalue weighted by atomic mass is 15.2. The number of hydrogen-bond donors (Lipinski definition) is 0. The molecule has 0 radical (unpaired) electrons. The summed E-state index contributed by atoms with van der Waals surface area (Å²) in [4.78, 5) is 4.82. The number of rotatable bonds is 2. The summed E-state index contributed by atoms with van der Waals surface area (Å²) in [6.07, 6.45) is 0. The molecule has 0 spiro atoms.